The molecule has 1 atom stereocenters. The first-order chi connectivity index (χ1) is 14.4. The summed E-state index contributed by atoms with van der Waals surface area (Å²) in [4.78, 5) is 38.2. The van der Waals surface area contributed by atoms with E-state index in [1.54, 1.807) is 50.2 Å². The third kappa shape index (κ3) is 4.81. The smallest absolute Gasteiger partial charge is 0.339 e. The van der Waals surface area contributed by atoms with Gasteiger partial charge in [-0.25, -0.2) is 4.79 Å². The molecule has 0 radical (unpaired) electrons. The Morgan fingerprint density at radius 1 is 1.03 bits per heavy atom. The molecule has 1 aromatic heterocycles. The predicted molar refractivity (Wildman–Crippen MR) is 110 cm³/mol. The van der Waals surface area contributed by atoms with Gasteiger partial charge in [0.05, 0.1) is 5.56 Å². The number of rotatable bonds is 7. The van der Waals surface area contributed by atoms with Crippen LogP contribution in [0.2, 0.25) is 0 Å². The first kappa shape index (κ1) is 21.0. The Balaban J connectivity index is 1.78. The Kier molecular flexibility index (Phi) is 6.41. The molecule has 1 unspecified atom stereocenters. The van der Waals surface area contributed by atoms with Crippen LogP contribution in [0.5, 0.6) is 0 Å². The number of aryl methyl sites for hydroxylation is 2. The van der Waals surface area contributed by atoms with E-state index in [2.05, 4.69) is 10.5 Å². The summed E-state index contributed by atoms with van der Waals surface area (Å²) in [5.41, 5.74) is 1.81. The minimum Gasteiger partial charge on any atom is -0.449 e. The van der Waals surface area contributed by atoms with Gasteiger partial charge in [-0.05, 0) is 26.3 Å². The molecule has 0 saturated carbocycles. The Labute approximate surface area is 174 Å². The van der Waals surface area contributed by atoms with Gasteiger partial charge in [0.25, 0.3) is 5.91 Å². The summed E-state index contributed by atoms with van der Waals surface area (Å²) < 4.78 is 10.3. The van der Waals surface area contributed by atoms with E-state index in [1.807, 2.05) is 19.1 Å². The number of nitrogens with zero attached hydrogens (tertiary/aromatic N) is 1. The van der Waals surface area contributed by atoms with Gasteiger partial charge in [-0.15, -0.1) is 0 Å². The molecule has 0 saturated heterocycles. The number of hydrogen-bond acceptors (Lipinski definition) is 6. The first-order valence-electron chi connectivity index (χ1n) is 9.54. The summed E-state index contributed by atoms with van der Waals surface area (Å²) >= 11 is 0. The van der Waals surface area contributed by atoms with Crippen LogP contribution in [0, 0.1) is 13.8 Å². The van der Waals surface area contributed by atoms with Crippen LogP contribution in [-0.4, -0.2) is 28.9 Å². The average molecular weight is 406 g/mol. The van der Waals surface area contributed by atoms with Gasteiger partial charge in [0.1, 0.15) is 5.76 Å². The fraction of sp³-hybridized carbons (Fsp3) is 0.217. The summed E-state index contributed by atoms with van der Waals surface area (Å²) in [6, 6.07) is 15.0. The van der Waals surface area contributed by atoms with E-state index in [1.165, 1.54) is 6.07 Å². The number of carbonyl (C=O) groups excluding carboxylic acids is 3. The van der Waals surface area contributed by atoms with E-state index in [4.69, 9.17) is 9.26 Å². The van der Waals surface area contributed by atoms with Crippen molar-refractivity contribution in [3.63, 3.8) is 0 Å². The number of ketones is 1. The second kappa shape index (κ2) is 9.17. The van der Waals surface area contributed by atoms with Crippen molar-refractivity contribution in [1.82, 2.24) is 5.16 Å². The molecule has 7 heteroatoms. The number of nitrogens with one attached hydrogen (secondary N) is 1. The zero-order valence-corrected chi connectivity index (χ0v) is 17.0. The molecular formula is C23H22N2O5. The molecule has 1 N–H and O–H groups in total. The van der Waals surface area contributed by atoms with Gasteiger partial charge in [-0.3, -0.25) is 9.59 Å². The van der Waals surface area contributed by atoms with Crippen LogP contribution in [0.3, 0.4) is 0 Å². The molecule has 154 valence electrons. The number of aromatic nitrogens is 1. The maximum absolute atomic E-state index is 12.9. The summed E-state index contributed by atoms with van der Waals surface area (Å²) in [5, 5.41) is 6.25. The van der Waals surface area contributed by atoms with E-state index in [9.17, 15) is 14.4 Å². The molecule has 7 nitrogen and oxygen atoms in total. The van der Waals surface area contributed by atoms with Crippen LogP contribution >= 0.6 is 0 Å². The fourth-order valence-corrected chi connectivity index (χ4v) is 2.87. The summed E-state index contributed by atoms with van der Waals surface area (Å²) in [7, 11) is 0. The molecule has 3 rings (SSSR count). The third-order valence-electron chi connectivity index (χ3n) is 4.50. The lowest BCUT2D eigenvalue weighted by atomic mass is 9.98. The Hall–Kier alpha value is -3.74. The number of carbonyl (C=O) groups is 3. The molecule has 0 bridgehead atoms. The van der Waals surface area contributed by atoms with Gasteiger partial charge in [0.2, 0.25) is 0 Å². The second-order valence-electron chi connectivity index (χ2n) is 6.85. The first-order valence-corrected chi connectivity index (χ1v) is 9.54. The van der Waals surface area contributed by atoms with Gasteiger partial charge in [0.15, 0.2) is 17.7 Å². The lowest BCUT2D eigenvalue weighted by Gasteiger charge is -2.16. The molecule has 2 aromatic carbocycles. The minimum atomic E-state index is -1.04. The van der Waals surface area contributed by atoms with Crippen molar-refractivity contribution in [2.24, 2.45) is 0 Å². The quantitative estimate of drug-likeness (QED) is 0.469. The van der Waals surface area contributed by atoms with Crippen molar-refractivity contribution < 1.29 is 23.6 Å². The molecule has 1 heterocycles. The standard InChI is InChI=1S/C23H22N2O5/c1-4-19(22(27)24-20-13-15(3)30-25-20)29-23(28)18-8-6-5-7-17(18)21(26)16-11-9-14(2)10-12-16/h5-13,19H,4H2,1-3H3,(H,24,25,27). The third-order valence-corrected chi connectivity index (χ3v) is 4.50. The maximum Gasteiger partial charge on any atom is 0.339 e. The second-order valence-corrected chi connectivity index (χ2v) is 6.85. The fourth-order valence-electron chi connectivity index (χ4n) is 2.87. The highest BCUT2D eigenvalue weighted by Crippen LogP contribution is 2.18. The van der Waals surface area contributed by atoms with Gasteiger partial charge < -0.3 is 14.6 Å². The van der Waals surface area contributed by atoms with Crippen LogP contribution in [0.4, 0.5) is 5.82 Å². The van der Waals surface area contributed by atoms with Crippen LogP contribution in [0.15, 0.2) is 59.1 Å². The normalized spacial score (nSPS) is 11.6. The van der Waals surface area contributed by atoms with Gasteiger partial charge in [0, 0.05) is 17.2 Å². The highest BCUT2D eigenvalue weighted by molar-refractivity contribution is 6.14. The van der Waals surface area contributed by atoms with Crippen LogP contribution in [0.25, 0.3) is 0 Å². The SMILES string of the molecule is CCC(OC(=O)c1ccccc1C(=O)c1ccc(C)cc1)C(=O)Nc1cc(C)on1. The number of anilines is 1. The maximum atomic E-state index is 12.9. The molecule has 3 aromatic rings. The molecule has 0 aliphatic heterocycles. The van der Waals surface area contributed by atoms with E-state index in [0.29, 0.717) is 11.3 Å². The number of amides is 1. The van der Waals surface area contributed by atoms with E-state index < -0.39 is 18.0 Å². The lowest BCUT2D eigenvalue weighted by molar-refractivity contribution is -0.124. The highest BCUT2D eigenvalue weighted by atomic mass is 16.5. The summed E-state index contributed by atoms with van der Waals surface area (Å²) in [5.74, 6) is -0.787. The number of ether oxygens (including phenoxy) is 1. The zero-order chi connectivity index (χ0) is 21.7. The topological polar surface area (TPSA) is 98.5 Å². The molecule has 0 aliphatic rings. The van der Waals surface area contributed by atoms with Crippen molar-refractivity contribution in [1.29, 1.82) is 0 Å². The van der Waals surface area contributed by atoms with Crippen molar-refractivity contribution in [3.8, 4) is 0 Å². The van der Waals surface area contributed by atoms with Crippen molar-refractivity contribution >= 4 is 23.5 Å². The largest absolute Gasteiger partial charge is 0.449 e. The average Bonchev–Trinajstić information content (AvgIpc) is 3.16. The van der Waals surface area contributed by atoms with Crippen LogP contribution < -0.4 is 5.32 Å². The molecule has 1 amide bonds. The number of hydrogen-bond donors (Lipinski definition) is 1. The van der Waals surface area contributed by atoms with Crippen molar-refractivity contribution in [3.05, 3.63) is 82.6 Å². The van der Waals surface area contributed by atoms with Gasteiger partial charge in [-0.2, -0.15) is 0 Å². The predicted octanol–water partition coefficient (Wildman–Crippen LogP) is 4.10. The molecular weight excluding hydrogens is 384 g/mol. The zero-order valence-electron chi connectivity index (χ0n) is 17.0. The number of benzene rings is 2. The van der Waals surface area contributed by atoms with Crippen LogP contribution in [-0.2, 0) is 9.53 Å². The highest BCUT2D eigenvalue weighted by Gasteiger charge is 2.26. The summed E-state index contributed by atoms with van der Waals surface area (Å²) in [6.07, 6.45) is -0.792. The monoisotopic (exact) mass is 406 g/mol. The van der Waals surface area contributed by atoms with E-state index in [0.717, 1.165) is 5.56 Å². The Morgan fingerprint density at radius 3 is 2.30 bits per heavy atom. The molecule has 0 aliphatic carbocycles. The van der Waals surface area contributed by atoms with Crippen molar-refractivity contribution in [2.45, 2.75) is 33.3 Å². The van der Waals surface area contributed by atoms with E-state index >= 15 is 0 Å². The minimum absolute atomic E-state index is 0.103. The molecule has 0 spiro atoms. The van der Waals surface area contributed by atoms with Gasteiger partial charge >= 0.3 is 5.97 Å². The summed E-state index contributed by atoms with van der Waals surface area (Å²) in [6.45, 7) is 5.34. The lowest BCUT2D eigenvalue weighted by Crippen LogP contribution is -2.32. The van der Waals surface area contributed by atoms with Crippen LogP contribution in [0.1, 0.15) is 50.9 Å². The molecule has 0 fully saturated rings. The van der Waals surface area contributed by atoms with Crippen molar-refractivity contribution in [2.75, 3.05) is 5.32 Å². The van der Waals surface area contributed by atoms with E-state index in [-0.39, 0.29) is 29.1 Å². The Morgan fingerprint density at radius 2 is 1.70 bits per heavy atom. The van der Waals surface area contributed by atoms with Gasteiger partial charge in [-0.1, -0.05) is 60.1 Å². The number of esters is 1. The molecule has 30 heavy (non-hydrogen) atoms. The Bertz CT molecular complexity index is 1070.